The molecule has 0 radical (unpaired) electrons. The number of rotatable bonds is 3. The first kappa shape index (κ1) is 20.0. The summed E-state index contributed by atoms with van der Waals surface area (Å²) in [6, 6.07) is 5.07. The van der Waals surface area contributed by atoms with E-state index in [9.17, 15) is 26.4 Å². The number of piperidine rings is 1. The van der Waals surface area contributed by atoms with Crippen LogP contribution in [0.4, 0.5) is 13.2 Å². The third-order valence-electron chi connectivity index (χ3n) is 4.86. The molecule has 154 valence electrons. The highest BCUT2D eigenvalue weighted by molar-refractivity contribution is 7.89. The smallest absolute Gasteiger partial charge is 0.266 e. The van der Waals surface area contributed by atoms with E-state index < -0.39 is 26.7 Å². The SMILES string of the molecule is O=c1c2sccc2nnn1C1CCN(S(=O)(=O)c2cccc(C(F)(F)F)c2)CC1. The van der Waals surface area contributed by atoms with Gasteiger partial charge in [0.05, 0.1) is 16.5 Å². The van der Waals surface area contributed by atoms with Crippen molar-refractivity contribution in [1.29, 1.82) is 0 Å². The zero-order valence-corrected chi connectivity index (χ0v) is 16.5. The van der Waals surface area contributed by atoms with Crippen LogP contribution in [-0.2, 0) is 16.2 Å². The molecule has 2 aromatic heterocycles. The van der Waals surface area contributed by atoms with Gasteiger partial charge in [0.1, 0.15) is 10.2 Å². The Kier molecular flexibility index (Phi) is 4.95. The fourth-order valence-corrected chi connectivity index (χ4v) is 5.60. The number of hydrogen-bond acceptors (Lipinski definition) is 6. The Hall–Kier alpha value is -2.31. The first-order valence-electron chi connectivity index (χ1n) is 8.68. The van der Waals surface area contributed by atoms with Gasteiger partial charge in [0.2, 0.25) is 10.0 Å². The maximum absolute atomic E-state index is 12.9. The second kappa shape index (κ2) is 7.18. The van der Waals surface area contributed by atoms with E-state index in [-0.39, 0.29) is 24.7 Å². The molecule has 0 amide bonds. The minimum absolute atomic E-state index is 0.0693. The quantitative estimate of drug-likeness (QED) is 0.620. The summed E-state index contributed by atoms with van der Waals surface area (Å²) in [6.45, 7) is 0.139. The molecule has 7 nitrogen and oxygen atoms in total. The van der Waals surface area contributed by atoms with Crippen LogP contribution in [0.25, 0.3) is 10.2 Å². The molecule has 0 atom stereocenters. The number of alkyl halides is 3. The molecule has 29 heavy (non-hydrogen) atoms. The third kappa shape index (κ3) is 3.67. The zero-order valence-electron chi connectivity index (χ0n) is 14.8. The standard InChI is InChI=1S/C17H15F3N4O3S2/c18-17(19,20)11-2-1-3-13(10-11)29(26,27)23-7-4-12(5-8-23)24-16(25)15-14(21-22-24)6-9-28-15/h1-3,6,9-10,12H,4-5,7-8H2. The zero-order chi connectivity index (χ0) is 20.8. The Labute approximate surface area is 167 Å². The Morgan fingerprint density at radius 2 is 1.86 bits per heavy atom. The fraction of sp³-hybridized carbons (Fsp3) is 0.353. The molecule has 0 bridgehead atoms. The molecule has 1 aliphatic rings. The fourth-order valence-electron chi connectivity index (χ4n) is 3.33. The maximum atomic E-state index is 12.9. The number of benzene rings is 1. The number of hydrogen-bond donors (Lipinski definition) is 0. The predicted octanol–water partition coefficient (Wildman–Crippen LogP) is 2.90. The first-order chi connectivity index (χ1) is 13.7. The largest absolute Gasteiger partial charge is 0.416 e. The summed E-state index contributed by atoms with van der Waals surface area (Å²) in [5, 5.41) is 9.71. The summed E-state index contributed by atoms with van der Waals surface area (Å²) in [4.78, 5) is 12.2. The molecule has 1 fully saturated rings. The van der Waals surface area contributed by atoms with Crippen molar-refractivity contribution in [2.45, 2.75) is 30.0 Å². The lowest BCUT2D eigenvalue weighted by atomic mass is 10.1. The number of sulfonamides is 1. The lowest BCUT2D eigenvalue weighted by Crippen LogP contribution is -2.41. The summed E-state index contributed by atoms with van der Waals surface area (Å²) in [7, 11) is -4.07. The Morgan fingerprint density at radius 1 is 1.14 bits per heavy atom. The highest BCUT2D eigenvalue weighted by Crippen LogP contribution is 2.32. The van der Waals surface area contributed by atoms with Crippen LogP contribution < -0.4 is 5.56 Å². The van der Waals surface area contributed by atoms with E-state index in [1.54, 1.807) is 11.4 Å². The molecule has 0 spiro atoms. The van der Waals surface area contributed by atoms with Crippen molar-refractivity contribution in [2.75, 3.05) is 13.1 Å². The van der Waals surface area contributed by atoms with E-state index in [0.29, 0.717) is 29.1 Å². The van der Waals surface area contributed by atoms with Crippen LogP contribution in [0.2, 0.25) is 0 Å². The van der Waals surface area contributed by atoms with Gasteiger partial charge < -0.3 is 0 Å². The topological polar surface area (TPSA) is 85.2 Å². The van der Waals surface area contributed by atoms with Crippen LogP contribution in [0.15, 0.2) is 45.4 Å². The summed E-state index contributed by atoms with van der Waals surface area (Å²) >= 11 is 1.26. The van der Waals surface area contributed by atoms with Crippen molar-refractivity contribution in [1.82, 2.24) is 19.3 Å². The molecule has 12 heteroatoms. The van der Waals surface area contributed by atoms with Gasteiger partial charge in [-0.05, 0) is 42.5 Å². The monoisotopic (exact) mass is 444 g/mol. The van der Waals surface area contributed by atoms with E-state index in [1.165, 1.54) is 16.0 Å². The van der Waals surface area contributed by atoms with Crippen molar-refractivity contribution in [3.05, 3.63) is 51.6 Å². The van der Waals surface area contributed by atoms with E-state index >= 15 is 0 Å². The van der Waals surface area contributed by atoms with Crippen molar-refractivity contribution >= 4 is 31.6 Å². The van der Waals surface area contributed by atoms with Crippen LogP contribution in [0.3, 0.4) is 0 Å². The van der Waals surface area contributed by atoms with Crippen LogP contribution in [-0.4, -0.2) is 40.8 Å². The van der Waals surface area contributed by atoms with Crippen molar-refractivity contribution in [2.24, 2.45) is 0 Å². The molecule has 0 N–H and O–H groups in total. The van der Waals surface area contributed by atoms with Gasteiger partial charge in [-0.2, -0.15) is 17.5 Å². The van der Waals surface area contributed by atoms with E-state index in [4.69, 9.17) is 0 Å². The first-order valence-corrected chi connectivity index (χ1v) is 11.0. The molecule has 4 rings (SSSR count). The number of halogens is 3. The van der Waals surface area contributed by atoms with E-state index in [0.717, 1.165) is 22.5 Å². The predicted molar refractivity (Wildman–Crippen MR) is 100 cm³/mol. The van der Waals surface area contributed by atoms with Crippen molar-refractivity contribution < 1.29 is 21.6 Å². The van der Waals surface area contributed by atoms with E-state index in [2.05, 4.69) is 10.3 Å². The summed E-state index contributed by atoms with van der Waals surface area (Å²) in [5.74, 6) is 0. The molecule has 3 aromatic rings. The Balaban J connectivity index is 1.54. The molecular formula is C17H15F3N4O3S2. The Bertz CT molecular complexity index is 1210. The second-order valence-corrected chi connectivity index (χ2v) is 9.49. The van der Waals surface area contributed by atoms with Crippen molar-refractivity contribution in [3.63, 3.8) is 0 Å². The summed E-state index contributed by atoms with van der Waals surface area (Å²) in [5.41, 5.74) is -0.774. The molecule has 1 aromatic carbocycles. The normalized spacial score (nSPS) is 17.1. The van der Waals surface area contributed by atoms with Crippen LogP contribution >= 0.6 is 11.3 Å². The summed E-state index contributed by atoms with van der Waals surface area (Å²) in [6.07, 6.45) is -4.01. The van der Waals surface area contributed by atoms with Crippen LogP contribution in [0.5, 0.6) is 0 Å². The Morgan fingerprint density at radius 3 is 2.55 bits per heavy atom. The van der Waals surface area contributed by atoms with Gasteiger partial charge in [0.25, 0.3) is 5.56 Å². The van der Waals surface area contributed by atoms with Gasteiger partial charge in [0, 0.05) is 13.1 Å². The lowest BCUT2D eigenvalue weighted by Gasteiger charge is -2.31. The van der Waals surface area contributed by atoms with Gasteiger partial charge in [-0.1, -0.05) is 11.3 Å². The highest BCUT2D eigenvalue weighted by atomic mass is 32.2. The molecule has 0 saturated carbocycles. The van der Waals surface area contributed by atoms with Gasteiger partial charge >= 0.3 is 6.18 Å². The number of fused-ring (bicyclic) bond motifs is 1. The van der Waals surface area contributed by atoms with Gasteiger partial charge in [-0.15, -0.1) is 16.4 Å². The van der Waals surface area contributed by atoms with Gasteiger partial charge in [0.15, 0.2) is 0 Å². The van der Waals surface area contributed by atoms with Crippen LogP contribution in [0, 0.1) is 0 Å². The lowest BCUT2D eigenvalue weighted by molar-refractivity contribution is -0.137. The highest BCUT2D eigenvalue weighted by Gasteiger charge is 2.34. The van der Waals surface area contributed by atoms with Gasteiger partial charge in [-0.3, -0.25) is 4.79 Å². The molecule has 0 unspecified atom stereocenters. The second-order valence-electron chi connectivity index (χ2n) is 6.63. The number of thiophene rings is 1. The number of aromatic nitrogens is 3. The average molecular weight is 444 g/mol. The molecule has 0 aliphatic carbocycles. The molecule has 1 saturated heterocycles. The van der Waals surface area contributed by atoms with E-state index in [1.807, 2.05) is 0 Å². The van der Waals surface area contributed by atoms with Crippen LogP contribution in [0.1, 0.15) is 24.4 Å². The minimum Gasteiger partial charge on any atom is -0.266 e. The average Bonchev–Trinajstić information content (AvgIpc) is 3.18. The molecular weight excluding hydrogens is 429 g/mol. The minimum atomic E-state index is -4.63. The maximum Gasteiger partial charge on any atom is 0.416 e. The third-order valence-corrected chi connectivity index (χ3v) is 7.65. The number of nitrogens with zero attached hydrogens (tertiary/aromatic N) is 4. The summed E-state index contributed by atoms with van der Waals surface area (Å²) < 4.78 is 67.2. The van der Waals surface area contributed by atoms with Gasteiger partial charge in [-0.25, -0.2) is 13.1 Å². The molecule has 3 heterocycles. The molecule has 1 aliphatic heterocycles. The van der Waals surface area contributed by atoms with Crippen molar-refractivity contribution in [3.8, 4) is 0 Å².